The van der Waals surface area contributed by atoms with Gasteiger partial charge >= 0.3 is 0 Å². The van der Waals surface area contributed by atoms with E-state index in [1.54, 1.807) is 0 Å². The van der Waals surface area contributed by atoms with Crippen LogP contribution in [0.4, 0.5) is 0 Å². The summed E-state index contributed by atoms with van der Waals surface area (Å²) in [7, 11) is 0. The third kappa shape index (κ3) is 1.77. The Balaban J connectivity index is 2.37. The molecule has 2 rings (SSSR count). The first-order valence-corrected chi connectivity index (χ1v) is 5.51. The lowest BCUT2D eigenvalue weighted by Gasteiger charge is -2.19. The van der Waals surface area contributed by atoms with Crippen LogP contribution in [-0.4, -0.2) is 6.61 Å². The normalized spacial score (nSPS) is 21.2. The minimum atomic E-state index is 0.675. The summed E-state index contributed by atoms with van der Waals surface area (Å²) in [5.41, 5.74) is 1.40. The third-order valence-corrected chi connectivity index (χ3v) is 3.04. The van der Waals surface area contributed by atoms with Crippen molar-refractivity contribution in [1.29, 1.82) is 0 Å². The number of para-hydroxylation sites is 1. The molecule has 0 bridgehead atoms. The lowest BCUT2D eigenvalue weighted by Crippen LogP contribution is -2.05. The molecular weight excluding hydrogens is 172 g/mol. The Hall–Kier alpha value is -0.980. The van der Waals surface area contributed by atoms with Crippen molar-refractivity contribution in [3.8, 4) is 5.75 Å². The largest absolute Gasteiger partial charge is 0.493 e. The van der Waals surface area contributed by atoms with Crippen molar-refractivity contribution in [3.63, 3.8) is 0 Å². The Bertz CT molecular complexity index is 304. The first-order valence-electron chi connectivity index (χ1n) is 5.51. The summed E-state index contributed by atoms with van der Waals surface area (Å²) in [5.74, 6) is 2.48. The van der Waals surface area contributed by atoms with Gasteiger partial charge in [0.2, 0.25) is 0 Å². The number of ether oxygens (including phenoxy) is 1. The summed E-state index contributed by atoms with van der Waals surface area (Å²) in [6, 6.07) is 8.48. The molecule has 0 radical (unpaired) electrons. The van der Waals surface area contributed by atoms with Crippen molar-refractivity contribution in [2.24, 2.45) is 5.92 Å². The first-order chi connectivity index (χ1) is 6.79. The number of hydrogen-bond donors (Lipinski definition) is 0. The minimum absolute atomic E-state index is 0.675. The molecule has 1 nitrogen and oxygen atoms in total. The summed E-state index contributed by atoms with van der Waals surface area (Å²) in [4.78, 5) is 0. The maximum atomic E-state index is 5.73. The molecule has 0 aliphatic carbocycles. The molecule has 1 aliphatic heterocycles. The van der Waals surface area contributed by atoms with E-state index >= 15 is 0 Å². The Morgan fingerprint density at radius 3 is 2.86 bits per heavy atom. The van der Waals surface area contributed by atoms with Crippen LogP contribution in [0.5, 0.6) is 5.75 Å². The van der Waals surface area contributed by atoms with E-state index in [0.717, 1.165) is 12.4 Å². The van der Waals surface area contributed by atoms with Gasteiger partial charge in [-0.2, -0.15) is 0 Å². The lowest BCUT2D eigenvalue weighted by molar-refractivity contribution is 0.314. The van der Waals surface area contributed by atoms with Gasteiger partial charge in [-0.05, 0) is 36.3 Å². The lowest BCUT2D eigenvalue weighted by atomic mass is 9.85. The SMILES string of the molecule is CC(C)[C@@H]1CCCOc2ccccc21. The number of hydrogen-bond acceptors (Lipinski definition) is 1. The van der Waals surface area contributed by atoms with Crippen molar-refractivity contribution in [3.05, 3.63) is 29.8 Å². The van der Waals surface area contributed by atoms with Crippen LogP contribution in [-0.2, 0) is 0 Å². The maximum Gasteiger partial charge on any atom is 0.122 e. The number of rotatable bonds is 1. The van der Waals surface area contributed by atoms with Gasteiger partial charge in [0.1, 0.15) is 5.75 Å². The predicted molar refractivity (Wildman–Crippen MR) is 58.8 cm³/mol. The molecule has 0 spiro atoms. The van der Waals surface area contributed by atoms with E-state index < -0.39 is 0 Å². The van der Waals surface area contributed by atoms with Gasteiger partial charge in [0.15, 0.2) is 0 Å². The number of benzene rings is 1. The van der Waals surface area contributed by atoms with Gasteiger partial charge in [-0.25, -0.2) is 0 Å². The van der Waals surface area contributed by atoms with E-state index in [2.05, 4.69) is 38.1 Å². The maximum absolute atomic E-state index is 5.73. The summed E-state index contributed by atoms with van der Waals surface area (Å²) < 4.78 is 5.73. The second kappa shape index (κ2) is 4.04. The Labute approximate surface area is 86.1 Å². The molecule has 0 fully saturated rings. The Morgan fingerprint density at radius 1 is 1.29 bits per heavy atom. The minimum Gasteiger partial charge on any atom is -0.493 e. The second-order valence-electron chi connectivity index (χ2n) is 4.38. The van der Waals surface area contributed by atoms with Crippen molar-refractivity contribution in [1.82, 2.24) is 0 Å². The fourth-order valence-corrected chi connectivity index (χ4v) is 2.25. The van der Waals surface area contributed by atoms with Crippen LogP contribution < -0.4 is 4.74 Å². The van der Waals surface area contributed by atoms with E-state index in [9.17, 15) is 0 Å². The molecule has 14 heavy (non-hydrogen) atoms. The average Bonchev–Trinajstić information content (AvgIpc) is 2.39. The molecule has 1 aliphatic rings. The quantitative estimate of drug-likeness (QED) is 0.657. The highest BCUT2D eigenvalue weighted by Gasteiger charge is 2.21. The van der Waals surface area contributed by atoms with Crippen LogP contribution in [0.1, 0.15) is 38.2 Å². The van der Waals surface area contributed by atoms with Gasteiger partial charge < -0.3 is 4.74 Å². The van der Waals surface area contributed by atoms with E-state index in [-0.39, 0.29) is 0 Å². The van der Waals surface area contributed by atoms with Gasteiger partial charge in [-0.1, -0.05) is 32.0 Å². The fraction of sp³-hybridized carbons (Fsp3) is 0.538. The van der Waals surface area contributed by atoms with E-state index in [1.165, 1.54) is 18.4 Å². The molecule has 0 unspecified atom stereocenters. The van der Waals surface area contributed by atoms with E-state index in [0.29, 0.717) is 11.8 Å². The smallest absolute Gasteiger partial charge is 0.122 e. The fourth-order valence-electron chi connectivity index (χ4n) is 2.25. The van der Waals surface area contributed by atoms with Gasteiger partial charge in [0, 0.05) is 0 Å². The average molecular weight is 190 g/mol. The molecule has 0 amide bonds. The summed E-state index contributed by atoms with van der Waals surface area (Å²) in [6.07, 6.45) is 2.44. The van der Waals surface area contributed by atoms with Crippen LogP contribution in [0.2, 0.25) is 0 Å². The summed E-state index contributed by atoms with van der Waals surface area (Å²) in [5, 5.41) is 0. The van der Waals surface area contributed by atoms with Crippen LogP contribution in [0.3, 0.4) is 0 Å². The third-order valence-electron chi connectivity index (χ3n) is 3.04. The van der Waals surface area contributed by atoms with Gasteiger partial charge in [0.05, 0.1) is 6.61 Å². The molecule has 1 heteroatoms. The zero-order valence-electron chi connectivity index (χ0n) is 8.99. The standard InChI is InChI=1S/C13H18O/c1-10(2)11-7-5-9-14-13-8-4-3-6-12(11)13/h3-4,6,8,10-11H,5,7,9H2,1-2H3/t11-/m0/s1. The van der Waals surface area contributed by atoms with Crippen molar-refractivity contribution in [2.45, 2.75) is 32.6 Å². The molecule has 0 aromatic heterocycles. The van der Waals surface area contributed by atoms with Crippen LogP contribution in [0.25, 0.3) is 0 Å². The molecule has 0 saturated carbocycles. The zero-order valence-corrected chi connectivity index (χ0v) is 8.99. The van der Waals surface area contributed by atoms with Gasteiger partial charge in [-0.15, -0.1) is 0 Å². The topological polar surface area (TPSA) is 9.23 Å². The van der Waals surface area contributed by atoms with Crippen LogP contribution in [0, 0.1) is 5.92 Å². The van der Waals surface area contributed by atoms with Crippen LogP contribution in [0.15, 0.2) is 24.3 Å². The summed E-state index contributed by atoms with van der Waals surface area (Å²) in [6.45, 7) is 5.47. The van der Waals surface area contributed by atoms with E-state index in [4.69, 9.17) is 4.74 Å². The van der Waals surface area contributed by atoms with Gasteiger partial charge in [-0.3, -0.25) is 0 Å². The monoisotopic (exact) mass is 190 g/mol. The molecule has 1 atom stereocenters. The Morgan fingerprint density at radius 2 is 2.07 bits per heavy atom. The second-order valence-corrected chi connectivity index (χ2v) is 4.38. The highest BCUT2D eigenvalue weighted by Crippen LogP contribution is 2.37. The Kier molecular flexibility index (Phi) is 2.76. The zero-order chi connectivity index (χ0) is 9.97. The molecule has 0 N–H and O–H groups in total. The van der Waals surface area contributed by atoms with Gasteiger partial charge in [0.25, 0.3) is 0 Å². The van der Waals surface area contributed by atoms with E-state index in [1.807, 2.05) is 0 Å². The predicted octanol–water partition coefficient (Wildman–Crippen LogP) is 3.60. The molecule has 0 saturated heterocycles. The first kappa shape index (κ1) is 9.57. The van der Waals surface area contributed by atoms with Crippen LogP contribution >= 0.6 is 0 Å². The molecular formula is C13H18O. The number of fused-ring (bicyclic) bond motifs is 1. The molecule has 76 valence electrons. The highest BCUT2D eigenvalue weighted by atomic mass is 16.5. The highest BCUT2D eigenvalue weighted by molar-refractivity contribution is 5.37. The molecule has 1 heterocycles. The molecule has 1 aromatic rings. The van der Waals surface area contributed by atoms with Crippen molar-refractivity contribution < 1.29 is 4.74 Å². The van der Waals surface area contributed by atoms with Crippen molar-refractivity contribution >= 4 is 0 Å². The summed E-state index contributed by atoms with van der Waals surface area (Å²) >= 11 is 0. The molecule has 1 aromatic carbocycles. The van der Waals surface area contributed by atoms with Crippen molar-refractivity contribution in [2.75, 3.05) is 6.61 Å².